The number of halogens is 1. The number of amides is 1. The minimum Gasteiger partial charge on any atom is -0.508 e. The van der Waals surface area contributed by atoms with Crippen molar-refractivity contribution in [1.29, 1.82) is 0 Å². The fraction of sp³-hybridized carbons (Fsp3) is 0.0714. The molecule has 0 aliphatic heterocycles. The van der Waals surface area contributed by atoms with Gasteiger partial charge >= 0.3 is 0 Å². The van der Waals surface area contributed by atoms with E-state index in [2.05, 4.69) is 5.32 Å². The van der Waals surface area contributed by atoms with Crippen LogP contribution in [-0.2, 0) is 6.54 Å². The molecule has 0 unspecified atom stereocenters. The second kappa shape index (κ2) is 5.63. The number of primary amides is 1. The lowest BCUT2D eigenvalue weighted by molar-refractivity contribution is 0.100. The van der Waals surface area contributed by atoms with Gasteiger partial charge in [-0.2, -0.15) is 0 Å². The van der Waals surface area contributed by atoms with Gasteiger partial charge in [-0.15, -0.1) is 0 Å². The summed E-state index contributed by atoms with van der Waals surface area (Å²) in [6.45, 7) is 0.433. The molecule has 0 saturated heterocycles. The van der Waals surface area contributed by atoms with E-state index in [1.54, 1.807) is 42.5 Å². The quantitative estimate of drug-likeness (QED) is 0.804. The van der Waals surface area contributed by atoms with E-state index in [0.717, 1.165) is 5.69 Å². The fourth-order valence-electron chi connectivity index (χ4n) is 1.65. The van der Waals surface area contributed by atoms with Crippen molar-refractivity contribution in [2.75, 3.05) is 5.32 Å². The Labute approximate surface area is 115 Å². The third-order valence-electron chi connectivity index (χ3n) is 2.69. The molecular weight excluding hydrogens is 264 g/mol. The van der Waals surface area contributed by atoms with Crippen LogP contribution in [0.15, 0.2) is 42.5 Å². The first-order valence-electron chi connectivity index (χ1n) is 5.67. The molecule has 5 heteroatoms. The molecule has 0 aliphatic rings. The average molecular weight is 277 g/mol. The summed E-state index contributed by atoms with van der Waals surface area (Å²) in [5, 5.41) is 13.4. The van der Waals surface area contributed by atoms with Crippen molar-refractivity contribution in [3.63, 3.8) is 0 Å². The molecule has 0 spiro atoms. The molecule has 0 aromatic heterocycles. The highest BCUT2D eigenvalue weighted by atomic mass is 35.5. The largest absolute Gasteiger partial charge is 0.508 e. The molecule has 4 nitrogen and oxygen atoms in total. The summed E-state index contributed by atoms with van der Waals surface area (Å²) in [7, 11) is 0. The van der Waals surface area contributed by atoms with Crippen LogP contribution in [0.3, 0.4) is 0 Å². The molecule has 2 aromatic rings. The number of benzene rings is 2. The Bertz CT molecular complexity index is 597. The number of nitrogens with one attached hydrogen (secondary N) is 1. The van der Waals surface area contributed by atoms with Crippen molar-refractivity contribution in [1.82, 2.24) is 0 Å². The lowest BCUT2D eigenvalue weighted by Gasteiger charge is -2.09. The van der Waals surface area contributed by atoms with Crippen LogP contribution in [0.4, 0.5) is 5.69 Å². The SMILES string of the molecule is NC(=O)c1ccc(NCc2cc(Cl)ccc2O)cc1. The van der Waals surface area contributed by atoms with E-state index < -0.39 is 5.91 Å². The van der Waals surface area contributed by atoms with Gasteiger partial charge in [-0.25, -0.2) is 0 Å². The number of anilines is 1. The second-order valence-electron chi connectivity index (χ2n) is 4.07. The number of phenolic OH excluding ortho intramolecular Hbond substituents is 1. The van der Waals surface area contributed by atoms with Crippen LogP contribution in [0, 0.1) is 0 Å². The Kier molecular flexibility index (Phi) is 3.92. The van der Waals surface area contributed by atoms with Gasteiger partial charge in [0, 0.05) is 28.4 Å². The average Bonchev–Trinajstić information content (AvgIpc) is 2.40. The van der Waals surface area contributed by atoms with Gasteiger partial charge in [0.2, 0.25) is 5.91 Å². The van der Waals surface area contributed by atoms with Gasteiger partial charge in [-0.05, 0) is 42.5 Å². The van der Waals surface area contributed by atoms with Crippen molar-refractivity contribution in [3.05, 3.63) is 58.6 Å². The summed E-state index contributed by atoms with van der Waals surface area (Å²) in [6, 6.07) is 11.7. The summed E-state index contributed by atoms with van der Waals surface area (Å²) in [5.41, 5.74) is 7.14. The molecule has 0 radical (unpaired) electrons. The molecule has 2 rings (SSSR count). The molecular formula is C14H13ClN2O2. The monoisotopic (exact) mass is 276 g/mol. The van der Waals surface area contributed by atoms with Gasteiger partial charge in [-0.3, -0.25) is 4.79 Å². The Hall–Kier alpha value is -2.20. The number of rotatable bonds is 4. The maximum Gasteiger partial charge on any atom is 0.248 e. The highest BCUT2D eigenvalue weighted by Gasteiger charge is 2.03. The normalized spacial score (nSPS) is 10.2. The molecule has 0 saturated carbocycles. The third kappa shape index (κ3) is 3.39. The van der Waals surface area contributed by atoms with Gasteiger partial charge in [0.05, 0.1) is 0 Å². The summed E-state index contributed by atoms with van der Waals surface area (Å²) < 4.78 is 0. The summed E-state index contributed by atoms with van der Waals surface area (Å²) in [5.74, 6) is -0.273. The predicted octanol–water partition coefficient (Wildman–Crippen LogP) is 2.76. The van der Waals surface area contributed by atoms with Crippen LogP contribution in [0.25, 0.3) is 0 Å². The molecule has 0 heterocycles. The zero-order valence-corrected chi connectivity index (χ0v) is 10.8. The Morgan fingerprint density at radius 1 is 1.21 bits per heavy atom. The Balaban J connectivity index is 2.06. The minimum atomic E-state index is -0.459. The van der Waals surface area contributed by atoms with Crippen LogP contribution in [-0.4, -0.2) is 11.0 Å². The summed E-state index contributed by atoms with van der Waals surface area (Å²) in [6.07, 6.45) is 0. The first-order valence-corrected chi connectivity index (χ1v) is 6.05. The van der Waals surface area contributed by atoms with E-state index in [9.17, 15) is 9.90 Å². The molecule has 0 fully saturated rings. The van der Waals surface area contributed by atoms with Crippen molar-refractivity contribution < 1.29 is 9.90 Å². The van der Waals surface area contributed by atoms with Crippen LogP contribution in [0.1, 0.15) is 15.9 Å². The maximum absolute atomic E-state index is 10.9. The molecule has 0 aliphatic carbocycles. The van der Waals surface area contributed by atoms with E-state index in [-0.39, 0.29) is 5.75 Å². The van der Waals surface area contributed by atoms with Crippen molar-refractivity contribution in [3.8, 4) is 5.75 Å². The fourth-order valence-corrected chi connectivity index (χ4v) is 1.84. The maximum atomic E-state index is 10.9. The number of hydrogen-bond donors (Lipinski definition) is 3. The molecule has 0 bridgehead atoms. The molecule has 2 aromatic carbocycles. The number of carbonyl (C=O) groups excluding carboxylic acids is 1. The number of carbonyl (C=O) groups is 1. The van der Waals surface area contributed by atoms with Gasteiger partial charge in [0.25, 0.3) is 0 Å². The first kappa shape index (κ1) is 13.2. The van der Waals surface area contributed by atoms with E-state index >= 15 is 0 Å². The van der Waals surface area contributed by atoms with E-state index in [1.165, 1.54) is 0 Å². The van der Waals surface area contributed by atoms with E-state index in [0.29, 0.717) is 22.7 Å². The van der Waals surface area contributed by atoms with Gasteiger partial charge < -0.3 is 16.2 Å². The van der Waals surface area contributed by atoms with Gasteiger partial charge in [-0.1, -0.05) is 11.6 Å². The third-order valence-corrected chi connectivity index (χ3v) is 2.93. The topological polar surface area (TPSA) is 75.4 Å². The summed E-state index contributed by atoms with van der Waals surface area (Å²) in [4.78, 5) is 10.9. The molecule has 98 valence electrons. The number of aromatic hydroxyl groups is 1. The highest BCUT2D eigenvalue weighted by molar-refractivity contribution is 6.30. The second-order valence-corrected chi connectivity index (χ2v) is 4.50. The smallest absolute Gasteiger partial charge is 0.248 e. The van der Waals surface area contributed by atoms with E-state index in [4.69, 9.17) is 17.3 Å². The number of phenols is 1. The Morgan fingerprint density at radius 2 is 1.89 bits per heavy atom. The van der Waals surface area contributed by atoms with Crippen molar-refractivity contribution in [2.45, 2.75) is 6.54 Å². The molecule has 1 amide bonds. The van der Waals surface area contributed by atoms with Crippen LogP contribution in [0.2, 0.25) is 5.02 Å². The van der Waals surface area contributed by atoms with Gasteiger partial charge in [0.1, 0.15) is 5.75 Å². The zero-order valence-electron chi connectivity index (χ0n) is 10.1. The number of hydrogen-bond acceptors (Lipinski definition) is 3. The van der Waals surface area contributed by atoms with Crippen molar-refractivity contribution >= 4 is 23.2 Å². The summed E-state index contributed by atoms with van der Waals surface area (Å²) >= 11 is 5.86. The number of nitrogens with two attached hydrogens (primary N) is 1. The molecule has 0 atom stereocenters. The standard InChI is InChI=1S/C14H13ClN2O2/c15-11-3-6-13(18)10(7-11)8-17-12-4-1-9(2-5-12)14(16)19/h1-7,17-18H,8H2,(H2,16,19). The zero-order chi connectivity index (χ0) is 13.8. The molecule has 4 N–H and O–H groups in total. The lowest BCUT2D eigenvalue weighted by Crippen LogP contribution is -2.10. The molecule has 19 heavy (non-hydrogen) atoms. The van der Waals surface area contributed by atoms with E-state index in [1.807, 2.05) is 0 Å². The minimum absolute atomic E-state index is 0.186. The lowest BCUT2D eigenvalue weighted by atomic mass is 10.1. The van der Waals surface area contributed by atoms with Crippen molar-refractivity contribution in [2.24, 2.45) is 5.73 Å². The van der Waals surface area contributed by atoms with Gasteiger partial charge in [0.15, 0.2) is 0 Å². The first-order chi connectivity index (χ1) is 9.06. The highest BCUT2D eigenvalue weighted by Crippen LogP contribution is 2.22. The predicted molar refractivity (Wildman–Crippen MR) is 75.4 cm³/mol. The van der Waals surface area contributed by atoms with Crippen LogP contribution in [0.5, 0.6) is 5.75 Å². The Morgan fingerprint density at radius 3 is 2.53 bits per heavy atom. The van der Waals surface area contributed by atoms with Crippen LogP contribution < -0.4 is 11.1 Å². The van der Waals surface area contributed by atoms with Crippen LogP contribution >= 0.6 is 11.6 Å².